The molecule has 1 amide bonds. The average molecular weight is 337 g/mol. The Balaban J connectivity index is 2.94. The molecule has 0 aliphatic heterocycles. The number of hydrogen-bond acceptors (Lipinski definition) is 5. The molecule has 1 aromatic rings. The third-order valence-corrected chi connectivity index (χ3v) is 3.71. The zero-order valence-electron chi connectivity index (χ0n) is 15.1. The van der Waals surface area contributed by atoms with Gasteiger partial charge in [0.2, 0.25) is 0 Å². The van der Waals surface area contributed by atoms with Crippen LogP contribution in [0.1, 0.15) is 37.0 Å². The van der Waals surface area contributed by atoms with E-state index in [4.69, 9.17) is 9.47 Å². The van der Waals surface area contributed by atoms with Crippen molar-refractivity contribution in [3.05, 3.63) is 23.8 Å². The molecule has 24 heavy (non-hydrogen) atoms. The lowest BCUT2D eigenvalue weighted by Gasteiger charge is -2.23. The van der Waals surface area contributed by atoms with Gasteiger partial charge in [-0.15, -0.1) is 0 Å². The minimum Gasteiger partial charge on any atom is -0.493 e. The molecule has 0 radical (unpaired) electrons. The van der Waals surface area contributed by atoms with Crippen LogP contribution in [0.4, 0.5) is 0 Å². The zero-order chi connectivity index (χ0) is 18.1. The average Bonchev–Trinajstić information content (AvgIpc) is 2.59. The quantitative estimate of drug-likeness (QED) is 0.648. The first kappa shape index (κ1) is 19.8. The fourth-order valence-corrected chi connectivity index (χ4v) is 2.21. The molecule has 0 heterocycles. The lowest BCUT2D eigenvalue weighted by atomic mass is 10.1. The summed E-state index contributed by atoms with van der Waals surface area (Å²) in [5.74, 6) is 1.06. The van der Waals surface area contributed by atoms with Crippen molar-refractivity contribution in [2.45, 2.75) is 26.7 Å². The predicted octanol–water partition coefficient (Wildman–Crippen LogP) is 2.76. The highest BCUT2D eigenvalue weighted by Gasteiger charge is 2.19. The fraction of sp³-hybridized carbons (Fsp3) is 0.556. The molecule has 0 bridgehead atoms. The summed E-state index contributed by atoms with van der Waals surface area (Å²) >= 11 is 0. The van der Waals surface area contributed by atoms with E-state index < -0.39 is 0 Å². The van der Waals surface area contributed by atoms with Crippen LogP contribution in [0.2, 0.25) is 0 Å². The highest BCUT2D eigenvalue weighted by atomic mass is 16.5. The molecule has 134 valence electrons. The number of amides is 1. The first-order valence-electron chi connectivity index (χ1n) is 8.01. The van der Waals surface area contributed by atoms with Crippen LogP contribution in [-0.4, -0.2) is 51.2 Å². The predicted molar refractivity (Wildman–Crippen MR) is 91.5 cm³/mol. The van der Waals surface area contributed by atoms with Crippen molar-refractivity contribution < 1.29 is 23.8 Å². The Kier molecular flexibility index (Phi) is 8.09. The number of methoxy groups -OCH3 is 3. The third-order valence-electron chi connectivity index (χ3n) is 3.71. The van der Waals surface area contributed by atoms with Crippen LogP contribution < -0.4 is 9.47 Å². The van der Waals surface area contributed by atoms with Gasteiger partial charge in [-0.1, -0.05) is 13.8 Å². The van der Waals surface area contributed by atoms with E-state index >= 15 is 0 Å². The van der Waals surface area contributed by atoms with E-state index in [1.807, 2.05) is 0 Å². The summed E-state index contributed by atoms with van der Waals surface area (Å²) in [7, 11) is 4.42. The molecule has 6 heteroatoms. The van der Waals surface area contributed by atoms with Gasteiger partial charge in [-0.05, 0) is 30.5 Å². The van der Waals surface area contributed by atoms with Crippen molar-refractivity contribution in [1.82, 2.24) is 4.90 Å². The van der Waals surface area contributed by atoms with Gasteiger partial charge in [0.05, 0.1) is 27.8 Å². The Morgan fingerprint density at radius 1 is 1.04 bits per heavy atom. The summed E-state index contributed by atoms with van der Waals surface area (Å²) in [6, 6.07) is 5.05. The van der Waals surface area contributed by atoms with Crippen molar-refractivity contribution in [2.24, 2.45) is 5.92 Å². The minimum atomic E-state index is -0.329. The molecule has 0 saturated carbocycles. The SMILES string of the molecule is COC(=O)CCN(CCC(C)C)C(=O)c1ccc(OC)c(OC)c1. The van der Waals surface area contributed by atoms with Gasteiger partial charge >= 0.3 is 5.97 Å². The van der Waals surface area contributed by atoms with Crippen LogP contribution in [0.3, 0.4) is 0 Å². The zero-order valence-corrected chi connectivity index (χ0v) is 15.1. The maximum absolute atomic E-state index is 12.8. The Bertz CT molecular complexity index is 556. The molecule has 1 rings (SSSR count). The van der Waals surface area contributed by atoms with Crippen molar-refractivity contribution in [3.8, 4) is 11.5 Å². The molecule has 0 saturated heterocycles. The highest BCUT2D eigenvalue weighted by Crippen LogP contribution is 2.28. The number of nitrogens with zero attached hydrogens (tertiary/aromatic N) is 1. The first-order chi connectivity index (χ1) is 11.4. The van der Waals surface area contributed by atoms with Gasteiger partial charge in [-0.25, -0.2) is 0 Å². The number of ether oxygens (including phenoxy) is 3. The Hall–Kier alpha value is -2.24. The molecule has 0 aliphatic carbocycles. The molecule has 1 aromatic carbocycles. The van der Waals surface area contributed by atoms with Crippen LogP contribution in [0.5, 0.6) is 11.5 Å². The van der Waals surface area contributed by atoms with Gasteiger partial charge < -0.3 is 19.1 Å². The summed E-state index contributed by atoms with van der Waals surface area (Å²) in [6.07, 6.45) is 1.04. The topological polar surface area (TPSA) is 65.1 Å². The number of rotatable bonds is 9. The van der Waals surface area contributed by atoms with E-state index in [9.17, 15) is 9.59 Å². The number of carbonyl (C=O) groups excluding carboxylic acids is 2. The number of carbonyl (C=O) groups is 2. The third kappa shape index (κ3) is 5.76. The van der Waals surface area contributed by atoms with Crippen LogP contribution in [0, 0.1) is 5.92 Å². The van der Waals surface area contributed by atoms with Gasteiger partial charge in [0.15, 0.2) is 11.5 Å². The normalized spacial score (nSPS) is 10.4. The van der Waals surface area contributed by atoms with Gasteiger partial charge in [0.25, 0.3) is 5.91 Å². The summed E-state index contributed by atoms with van der Waals surface area (Å²) < 4.78 is 15.1. The Morgan fingerprint density at radius 2 is 1.71 bits per heavy atom. The standard InChI is InChI=1S/C18H27NO5/c1-13(2)8-10-19(11-9-17(20)24-5)18(21)14-6-7-15(22-3)16(12-14)23-4/h6-7,12-13H,8-11H2,1-5H3. The van der Waals surface area contributed by atoms with Gasteiger partial charge in [-0.2, -0.15) is 0 Å². The van der Waals surface area contributed by atoms with Gasteiger partial charge in [0, 0.05) is 18.7 Å². The maximum atomic E-state index is 12.8. The van der Waals surface area contributed by atoms with Gasteiger partial charge in [-0.3, -0.25) is 9.59 Å². The molecular weight excluding hydrogens is 310 g/mol. The van der Waals surface area contributed by atoms with E-state index in [0.29, 0.717) is 36.1 Å². The molecule has 0 fully saturated rings. The second-order valence-corrected chi connectivity index (χ2v) is 5.87. The van der Waals surface area contributed by atoms with Crippen molar-refractivity contribution in [3.63, 3.8) is 0 Å². The van der Waals surface area contributed by atoms with Crippen molar-refractivity contribution in [1.29, 1.82) is 0 Å². The van der Waals surface area contributed by atoms with Crippen LogP contribution >= 0.6 is 0 Å². The van der Waals surface area contributed by atoms with E-state index in [1.54, 1.807) is 30.2 Å². The lowest BCUT2D eigenvalue weighted by molar-refractivity contribution is -0.140. The summed E-state index contributed by atoms with van der Waals surface area (Å²) in [4.78, 5) is 25.9. The molecule has 0 unspecified atom stereocenters. The molecule has 0 aromatic heterocycles. The second kappa shape index (κ2) is 9.80. The van der Waals surface area contributed by atoms with Crippen molar-refractivity contribution >= 4 is 11.9 Å². The van der Waals surface area contributed by atoms with E-state index in [0.717, 1.165) is 6.42 Å². The summed E-state index contributed by atoms with van der Waals surface area (Å²) in [6.45, 7) is 5.10. The van der Waals surface area contributed by atoms with E-state index in [1.165, 1.54) is 14.2 Å². The molecule has 0 aliphatic rings. The smallest absolute Gasteiger partial charge is 0.307 e. The largest absolute Gasteiger partial charge is 0.493 e. The summed E-state index contributed by atoms with van der Waals surface area (Å²) in [5.41, 5.74) is 0.501. The fourth-order valence-electron chi connectivity index (χ4n) is 2.21. The van der Waals surface area contributed by atoms with Crippen LogP contribution in [0.25, 0.3) is 0 Å². The van der Waals surface area contributed by atoms with Crippen molar-refractivity contribution in [2.75, 3.05) is 34.4 Å². The van der Waals surface area contributed by atoms with E-state index in [2.05, 4.69) is 18.6 Å². The van der Waals surface area contributed by atoms with E-state index in [-0.39, 0.29) is 18.3 Å². The Morgan fingerprint density at radius 3 is 2.25 bits per heavy atom. The minimum absolute atomic E-state index is 0.138. The van der Waals surface area contributed by atoms with Gasteiger partial charge in [0.1, 0.15) is 0 Å². The molecule has 0 atom stereocenters. The molecule has 6 nitrogen and oxygen atoms in total. The molecule has 0 N–H and O–H groups in total. The van der Waals surface area contributed by atoms with Crippen LogP contribution in [0.15, 0.2) is 18.2 Å². The first-order valence-corrected chi connectivity index (χ1v) is 8.01. The number of hydrogen-bond donors (Lipinski definition) is 0. The molecule has 0 spiro atoms. The van der Waals surface area contributed by atoms with Crippen LogP contribution in [-0.2, 0) is 9.53 Å². The number of esters is 1. The molecular formula is C18H27NO5. The summed E-state index contributed by atoms with van der Waals surface area (Å²) in [5, 5.41) is 0. The highest BCUT2D eigenvalue weighted by molar-refractivity contribution is 5.95. The number of benzene rings is 1. The monoisotopic (exact) mass is 337 g/mol. The Labute approximate surface area is 143 Å². The second-order valence-electron chi connectivity index (χ2n) is 5.87. The lowest BCUT2D eigenvalue weighted by Crippen LogP contribution is -2.34. The maximum Gasteiger partial charge on any atom is 0.307 e.